The highest BCUT2D eigenvalue weighted by Crippen LogP contribution is 2.29. The summed E-state index contributed by atoms with van der Waals surface area (Å²) >= 11 is 0. The summed E-state index contributed by atoms with van der Waals surface area (Å²) in [5.74, 6) is 0. The molecule has 0 fully saturated rings. The molecule has 1 aromatic carbocycles. The second kappa shape index (κ2) is 8.56. The van der Waals surface area contributed by atoms with Gasteiger partial charge in [-0.3, -0.25) is 0 Å². The lowest BCUT2D eigenvalue weighted by molar-refractivity contribution is -0.137. The van der Waals surface area contributed by atoms with E-state index in [1.807, 2.05) is 0 Å². The molecule has 21 heavy (non-hydrogen) atoms. The number of nitrogens with one attached hydrogen (secondary N) is 1. The molecule has 1 aromatic rings. The average molecular weight is 299 g/mol. The Bertz CT molecular complexity index is 474. The molecule has 0 bridgehead atoms. The summed E-state index contributed by atoms with van der Waals surface area (Å²) in [7, 11) is 2.88. The summed E-state index contributed by atoms with van der Waals surface area (Å²) in [5, 5.41) is 6.41. The third-order valence-electron chi connectivity index (χ3n) is 2.83. The molecule has 1 N–H and O–H groups in total. The summed E-state index contributed by atoms with van der Waals surface area (Å²) in [6.45, 7) is 0.298. The highest BCUT2D eigenvalue weighted by Gasteiger charge is 2.29. The van der Waals surface area contributed by atoms with E-state index in [0.717, 1.165) is 17.7 Å². The Balaban J connectivity index is 2.66. The SMILES string of the molecule is CO[B]N[C@H](CCN=[N+]=[N-])Cc1ccc(C(F)(F)F)cc1. The van der Waals surface area contributed by atoms with Crippen LogP contribution in [-0.4, -0.2) is 27.3 Å². The molecule has 1 rings (SSSR count). The lowest BCUT2D eigenvalue weighted by atomic mass is 9.99. The first-order valence-electron chi connectivity index (χ1n) is 6.25. The van der Waals surface area contributed by atoms with Gasteiger partial charge in [-0.05, 0) is 36.1 Å². The highest BCUT2D eigenvalue weighted by atomic mass is 19.4. The Morgan fingerprint density at radius 1 is 1.38 bits per heavy atom. The molecule has 0 aliphatic heterocycles. The minimum Gasteiger partial charge on any atom is -0.427 e. The van der Waals surface area contributed by atoms with Gasteiger partial charge in [-0.15, -0.1) is 0 Å². The van der Waals surface area contributed by atoms with Crippen molar-refractivity contribution in [2.24, 2.45) is 5.11 Å². The molecule has 0 aliphatic carbocycles. The zero-order valence-electron chi connectivity index (χ0n) is 11.5. The van der Waals surface area contributed by atoms with E-state index in [0.29, 0.717) is 19.4 Å². The van der Waals surface area contributed by atoms with E-state index >= 15 is 0 Å². The second-order valence-corrected chi connectivity index (χ2v) is 4.36. The zero-order valence-corrected chi connectivity index (χ0v) is 11.5. The molecule has 0 aromatic heterocycles. The first-order valence-corrected chi connectivity index (χ1v) is 6.25. The van der Waals surface area contributed by atoms with Gasteiger partial charge in [-0.2, -0.15) is 13.2 Å². The lowest BCUT2D eigenvalue weighted by Gasteiger charge is -2.17. The van der Waals surface area contributed by atoms with Gasteiger partial charge < -0.3 is 9.88 Å². The fraction of sp³-hybridized carbons (Fsp3) is 0.500. The molecular formula is C12H15BF3N4O. The van der Waals surface area contributed by atoms with Gasteiger partial charge in [0.1, 0.15) is 0 Å². The zero-order chi connectivity index (χ0) is 15.7. The van der Waals surface area contributed by atoms with E-state index in [9.17, 15) is 13.2 Å². The van der Waals surface area contributed by atoms with Gasteiger partial charge in [0.15, 0.2) is 0 Å². The van der Waals surface area contributed by atoms with Crippen molar-refractivity contribution in [1.29, 1.82) is 0 Å². The maximum atomic E-state index is 12.5. The molecule has 9 heteroatoms. The second-order valence-electron chi connectivity index (χ2n) is 4.36. The summed E-state index contributed by atoms with van der Waals surface area (Å²) < 4.78 is 42.2. The number of hydrogen-bond donors (Lipinski definition) is 1. The van der Waals surface area contributed by atoms with Gasteiger partial charge >= 0.3 is 13.8 Å². The Kier molecular flexibility index (Phi) is 7.08. The number of rotatable bonds is 8. The Morgan fingerprint density at radius 2 is 2.05 bits per heavy atom. The van der Waals surface area contributed by atoms with E-state index in [1.54, 1.807) is 0 Å². The summed E-state index contributed by atoms with van der Waals surface area (Å²) in [6, 6.07) is 4.90. The maximum absolute atomic E-state index is 12.5. The van der Waals surface area contributed by atoms with Gasteiger partial charge in [0.2, 0.25) is 0 Å². The Hall–Kier alpha value is -1.70. The fourth-order valence-electron chi connectivity index (χ4n) is 1.78. The third kappa shape index (κ3) is 6.53. The lowest BCUT2D eigenvalue weighted by Crippen LogP contribution is -2.35. The molecular weight excluding hydrogens is 284 g/mol. The molecule has 0 amide bonds. The molecule has 5 nitrogen and oxygen atoms in total. The number of nitrogens with zero attached hydrogens (tertiary/aromatic N) is 3. The van der Waals surface area contributed by atoms with Crippen LogP contribution in [0.5, 0.6) is 0 Å². The van der Waals surface area contributed by atoms with Gasteiger partial charge in [0.25, 0.3) is 0 Å². The van der Waals surface area contributed by atoms with Crippen molar-refractivity contribution in [2.75, 3.05) is 13.7 Å². The Morgan fingerprint density at radius 3 is 2.57 bits per heavy atom. The van der Waals surface area contributed by atoms with E-state index < -0.39 is 11.7 Å². The average Bonchev–Trinajstić information content (AvgIpc) is 2.44. The number of benzene rings is 1. The fourth-order valence-corrected chi connectivity index (χ4v) is 1.78. The molecule has 0 heterocycles. The van der Waals surface area contributed by atoms with Crippen LogP contribution in [0.15, 0.2) is 29.4 Å². The topological polar surface area (TPSA) is 70.0 Å². The molecule has 1 atom stereocenters. The third-order valence-corrected chi connectivity index (χ3v) is 2.83. The number of halogens is 3. The molecule has 1 radical (unpaired) electrons. The monoisotopic (exact) mass is 299 g/mol. The normalized spacial score (nSPS) is 12.6. The quantitative estimate of drug-likeness (QED) is 0.347. The van der Waals surface area contributed by atoms with Crippen LogP contribution < -0.4 is 5.23 Å². The predicted molar refractivity (Wildman–Crippen MR) is 73.5 cm³/mol. The minimum atomic E-state index is -4.33. The van der Waals surface area contributed by atoms with Crippen LogP contribution in [0.3, 0.4) is 0 Å². The van der Waals surface area contributed by atoms with Crippen molar-refractivity contribution >= 4 is 7.62 Å². The van der Waals surface area contributed by atoms with Crippen molar-refractivity contribution in [3.05, 3.63) is 45.8 Å². The van der Waals surface area contributed by atoms with Gasteiger partial charge in [0.05, 0.1) is 5.56 Å². The number of azide groups is 1. The van der Waals surface area contributed by atoms with Crippen molar-refractivity contribution in [3.63, 3.8) is 0 Å². The van der Waals surface area contributed by atoms with Crippen LogP contribution in [0.4, 0.5) is 13.2 Å². The van der Waals surface area contributed by atoms with Crippen LogP contribution >= 0.6 is 0 Å². The molecule has 113 valence electrons. The summed E-state index contributed by atoms with van der Waals surface area (Å²) in [5.41, 5.74) is 8.33. The standard InChI is InChI=1S/C12H15BF3N4O/c1-21-13-19-11(6-7-18-20-17)8-9-2-4-10(5-3-9)12(14,15)16/h2-5,11,19H,6-8H2,1H3/t11-/m1/s1. The molecule has 0 spiro atoms. The first kappa shape index (κ1) is 17.4. The van der Waals surface area contributed by atoms with E-state index in [4.69, 9.17) is 10.2 Å². The van der Waals surface area contributed by atoms with Gasteiger partial charge in [-0.1, -0.05) is 17.2 Å². The van der Waals surface area contributed by atoms with Crippen molar-refractivity contribution in [2.45, 2.75) is 25.1 Å². The van der Waals surface area contributed by atoms with E-state index in [-0.39, 0.29) is 6.04 Å². The summed E-state index contributed by atoms with van der Waals surface area (Å²) in [4.78, 5) is 2.66. The minimum absolute atomic E-state index is 0.0906. The van der Waals surface area contributed by atoms with Crippen LogP contribution in [0.1, 0.15) is 17.5 Å². The van der Waals surface area contributed by atoms with Crippen LogP contribution in [0.2, 0.25) is 0 Å². The predicted octanol–water partition coefficient (Wildman–Crippen LogP) is 3.09. The van der Waals surface area contributed by atoms with Crippen molar-refractivity contribution in [3.8, 4) is 0 Å². The van der Waals surface area contributed by atoms with Gasteiger partial charge in [-0.25, -0.2) is 0 Å². The molecule has 0 saturated carbocycles. The molecule has 0 saturated heterocycles. The van der Waals surface area contributed by atoms with E-state index in [1.165, 1.54) is 26.9 Å². The number of hydrogen-bond acceptors (Lipinski definition) is 3. The molecule has 0 aliphatic rings. The summed E-state index contributed by atoms with van der Waals surface area (Å²) in [6.07, 6.45) is -3.29. The molecule has 0 unspecified atom stereocenters. The van der Waals surface area contributed by atoms with Gasteiger partial charge in [0, 0.05) is 24.6 Å². The number of alkyl halides is 3. The van der Waals surface area contributed by atoms with E-state index in [2.05, 4.69) is 15.3 Å². The van der Waals surface area contributed by atoms with Crippen molar-refractivity contribution < 1.29 is 17.8 Å². The highest BCUT2D eigenvalue weighted by molar-refractivity contribution is 6.23. The maximum Gasteiger partial charge on any atom is 0.416 e. The van der Waals surface area contributed by atoms with Crippen LogP contribution in [0.25, 0.3) is 10.4 Å². The Labute approximate surface area is 121 Å². The van der Waals surface area contributed by atoms with Crippen LogP contribution in [-0.2, 0) is 17.3 Å². The van der Waals surface area contributed by atoms with Crippen LogP contribution in [0, 0.1) is 0 Å². The smallest absolute Gasteiger partial charge is 0.416 e. The first-order chi connectivity index (χ1) is 9.97. The largest absolute Gasteiger partial charge is 0.427 e. The van der Waals surface area contributed by atoms with Crippen molar-refractivity contribution in [1.82, 2.24) is 5.23 Å².